The molecule has 0 atom stereocenters. The first kappa shape index (κ1) is 18.8. The van der Waals surface area contributed by atoms with Gasteiger partial charge in [0.2, 0.25) is 0 Å². The van der Waals surface area contributed by atoms with Crippen molar-refractivity contribution in [1.29, 1.82) is 0 Å². The van der Waals surface area contributed by atoms with Gasteiger partial charge in [-0.25, -0.2) is 0 Å². The summed E-state index contributed by atoms with van der Waals surface area (Å²) in [6, 6.07) is 0. The van der Waals surface area contributed by atoms with Gasteiger partial charge in [-0.3, -0.25) is 4.90 Å². The van der Waals surface area contributed by atoms with E-state index in [0.717, 1.165) is 39.3 Å². The van der Waals surface area contributed by atoms with Gasteiger partial charge >= 0.3 is 0 Å². The van der Waals surface area contributed by atoms with Gasteiger partial charge in [-0.15, -0.1) is 0 Å². The summed E-state index contributed by atoms with van der Waals surface area (Å²) in [5.41, 5.74) is 0. The molecule has 0 heterocycles. The van der Waals surface area contributed by atoms with Crippen molar-refractivity contribution in [3.05, 3.63) is 0 Å². The zero-order chi connectivity index (χ0) is 14.2. The molecule has 0 rings (SSSR count). The number of rotatable bonds is 15. The zero-order valence-corrected chi connectivity index (χ0v) is 12.1. The van der Waals surface area contributed by atoms with Crippen LogP contribution in [-0.4, -0.2) is 87.6 Å². The normalized spacial score (nSPS) is 11.4. The Bertz CT molecular complexity index is 143. The van der Waals surface area contributed by atoms with Crippen LogP contribution in [0.5, 0.6) is 0 Å². The summed E-state index contributed by atoms with van der Waals surface area (Å²) in [6.07, 6.45) is 0.980. The average Bonchev–Trinajstić information content (AvgIpc) is 2.43. The SMILES string of the molecule is CCOCCCN(CCOCCO)CCOCCO. The highest BCUT2D eigenvalue weighted by Crippen LogP contribution is 1.94. The van der Waals surface area contributed by atoms with E-state index < -0.39 is 0 Å². The fraction of sp³-hybridized carbons (Fsp3) is 1.00. The van der Waals surface area contributed by atoms with Gasteiger partial charge in [0.15, 0.2) is 0 Å². The van der Waals surface area contributed by atoms with Crippen LogP contribution in [0.2, 0.25) is 0 Å². The van der Waals surface area contributed by atoms with Crippen molar-refractivity contribution in [2.45, 2.75) is 13.3 Å². The van der Waals surface area contributed by atoms with Crippen LogP contribution < -0.4 is 0 Å². The molecule has 0 aliphatic heterocycles. The van der Waals surface area contributed by atoms with E-state index in [-0.39, 0.29) is 13.2 Å². The summed E-state index contributed by atoms with van der Waals surface area (Å²) in [5.74, 6) is 0. The number of nitrogens with zero attached hydrogens (tertiary/aromatic N) is 1. The van der Waals surface area contributed by atoms with Gasteiger partial charge in [0.25, 0.3) is 0 Å². The molecule has 19 heavy (non-hydrogen) atoms. The fourth-order valence-electron chi connectivity index (χ4n) is 1.59. The first-order chi connectivity index (χ1) is 9.35. The Hall–Kier alpha value is -0.240. The van der Waals surface area contributed by atoms with Crippen LogP contribution in [0.3, 0.4) is 0 Å². The minimum Gasteiger partial charge on any atom is -0.394 e. The van der Waals surface area contributed by atoms with Crippen molar-refractivity contribution < 1.29 is 24.4 Å². The molecule has 0 unspecified atom stereocenters. The molecular weight excluding hydrogens is 250 g/mol. The van der Waals surface area contributed by atoms with E-state index in [9.17, 15) is 0 Å². The van der Waals surface area contributed by atoms with Crippen molar-refractivity contribution >= 4 is 0 Å². The lowest BCUT2D eigenvalue weighted by molar-refractivity contribution is 0.0470. The molecule has 0 saturated carbocycles. The number of hydrogen-bond acceptors (Lipinski definition) is 6. The van der Waals surface area contributed by atoms with E-state index in [2.05, 4.69) is 4.90 Å². The number of aliphatic hydroxyl groups is 2. The van der Waals surface area contributed by atoms with Gasteiger partial charge in [0, 0.05) is 32.8 Å². The predicted molar refractivity (Wildman–Crippen MR) is 73.4 cm³/mol. The maximum absolute atomic E-state index is 8.63. The van der Waals surface area contributed by atoms with Gasteiger partial charge < -0.3 is 24.4 Å². The van der Waals surface area contributed by atoms with Crippen LogP contribution >= 0.6 is 0 Å². The summed E-state index contributed by atoms with van der Waals surface area (Å²) in [4.78, 5) is 2.24. The third-order valence-corrected chi connectivity index (χ3v) is 2.54. The van der Waals surface area contributed by atoms with E-state index >= 15 is 0 Å². The van der Waals surface area contributed by atoms with Crippen LogP contribution in [-0.2, 0) is 14.2 Å². The van der Waals surface area contributed by atoms with Crippen molar-refractivity contribution in [3.63, 3.8) is 0 Å². The van der Waals surface area contributed by atoms with Crippen molar-refractivity contribution in [3.8, 4) is 0 Å². The van der Waals surface area contributed by atoms with E-state index in [1.54, 1.807) is 0 Å². The number of hydrogen-bond donors (Lipinski definition) is 2. The molecule has 2 N–H and O–H groups in total. The molecule has 0 aromatic rings. The maximum Gasteiger partial charge on any atom is 0.0698 e. The molecule has 0 spiro atoms. The third-order valence-electron chi connectivity index (χ3n) is 2.54. The Morgan fingerprint density at radius 2 is 1.32 bits per heavy atom. The van der Waals surface area contributed by atoms with Gasteiger partial charge in [-0.05, 0) is 13.3 Å². The van der Waals surface area contributed by atoms with Crippen LogP contribution in [0, 0.1) is 0 Å². The van der Waals surface area contributed by atoms with Crippen molar-refractivity contribution in [1.82, 2.24) is 4.90 Å². The summed E-state index contributed by atoms with van der Waals surface area (Å²) >= 11 is 0. The summed E-state index contributed by atoms with van der Waals surface area (Å²) in [7, 11) is 0. The zero-order valence-electron chi connectivity index (χ0n) is 12.1. The van der Waals surface area contributed by atoms with Gasteiger partial charge in [-0.1, -0.05) is 0 Å². The standard InChI is InChI=1S/C13H29NO5/c1-2-17-9-3-4-14(5-10-18-12-7-15)6-11-19-13-8-16/h15-16H,2-13H2,1H3. The van der Waals surface area contributed by atoms with E-state index in [1.165, 1.54) is 0 Å². The largest absolute Gasteiger partial charge is 0.394 e. The lowest BCUT2D eigenvalue weighted by Crippen LogP contribution is -2.33. The second-order valence-corrected chi connectivity index (χ2v) is 4.06. The Morgan fingerprint density at radius 3 is 1.79 bits per heavy atom. The Labute approximate surface area is 116 Å². The molecule has 0 radical (unpaired) electrons. The van der Waals surface area contributed by atoms with Gasteiger partial charge in [0.05, 0.1) is 39.6 Å². The predicted octanol–water partition coefficient (Wildman–Crippen LogP) is -0.267. The molecule has 6 heteroatoms. The molecule has 0 aliphatic carbocycles. The van der Waals surface area contributed by atoms with Gasteiger partial charge in [0.1, 0.15) is 0 Å². The van der Waals surface area contributed by atoms with Crippen LogP contribution in [0.1, 0.15) is 13.3 Å². The molecule has 6 nitrogen and oxygen atoms in total. The first-order valence-corrected chi connectivity index (χ1v) is 7.02. The molecule has 0 fully saturated rings. The topological polar surface area (TPSA) is 71.4 Å². The van der Waals surface area contributed by atoms with E-state index in [0.29, 0.717) is 26.4 Å². The van der Waals surface area contributed by atoms with E-state index in [4.69, 9.17) is 24.4 Å². The quantitative estimate of drug-likeness (QED) is 0.402. The Kier molecular flexibility index (Phi) is 15.6. The number of aliphatic hydroxyl groups excluding tert-OH is 2. The molecule has 0 aliphatic rings. The second-order valence-electron chi connectivity index (χ2n) is 4.06. The highest BCUT2D eigenvalue weighted by Gasteiger charge is 2.04. The molecule has 116 valence electrons. The van der Waals surface area contributed by atoms with Crippen molar-refractivity contribution in [2.24, 2.45) is 0 Å². The lowest BCUT2D eigenvalue weighted by Gasteiger charge is -2.22. The van der Waals surface area contributed by atoms with Crippen LogP contribution in [0.4, 0.5) is 0 Å². The first-order valence-electron chi connectivity index (χ1n) is 7.02. The van der Waals surface area contributed by atoms with Crippen LogP contribution in [0.25, 0.3) is 0 Å². The minimum atomic E-state index is 0.0595. The third kappa shape index (κ3) is 14.0. The molecule has 0 aromatic carbocycles. The average molecular weight is 279 g/mol. The molecule has 0 saturated heterocycles. The molecule has 0 aromatic heterocycles. The van der Waals surface area contributed by atoms with Crippen LogP contribution in [0.15, 0.2) is 0 Å². The summed E-state index contributed by atoms with van der Waals surface area (Å²) < 4.78 is 15.8. The maximum atomic E-state index is 8.63. The molecular formula is C13H29NO5. The monoisotopic (exact) mass is 279 g/mol. The lowest BCUT2D eigenvalue weighted by atomic mass is 10.4. The summed E-state index contributed by atoms with van der Waals surface area (Å²) in [6.45, 7) is 8.17. The highest BCUT2D eigenvalue weighted by atomic mass is 16.5. The Balaban J connectivity index is 3.66. The van der Waals surface area contributed by atoms with Crippen molar-refractivity contribution in [2.75, 3.05) is 72.5 Å². The smallest absolute Gasteiger partial charge is 0.0698 e. The van der Waals surface area contributed by atoms with E-state index in [1.807, 2.05) is 6.92 Å². The molecule has 0 bridgehead atoms. The Morgan fingerprint density at radius 1 is 0.737 bits per heavy atom. The molecule has 0 amide bonds. The minimum absolute atomic E-state index is 0.0595. The van der Waals surface area contributed by atoms with Gasteiger partial charge in [-0.2, -0.15) is 0 Å². The summed E-state index contributed by atoms with van der Waals surface area (Å²) in [5, 5.41) is 17.3. The fourth-order valence-corrected chi connectivity index (χ4v) is 1.59. The highest BCUT2D eigenvalue weighted by molar-refractivity contribution is 4.57. The number of ether oxygens (including phenoxy) is 3. The second kappa shape index (κ2) is 15.8.